The van der Waals surface area contributed by atoms with E-state index in [1.807, 2.05) is 38.1 Å². The van der Waals surface area contributed by atoms with Gasteiger partial charge in [-0.1, -0.05) is 18.2 Å². The molecule has 1 aliphatic rings. The van der Waals surface area contributed by atoms with Crippen LogP contribution in [0.5, 0.6) is 5.75 Å². The minimum Gasteiger partial charge on any atom is -0.491 e. The molecule has 1 N–H and O–H groups in total. The molecule has 1 aromatic carbocycles. The van der Waals surface area contributed by atoms with Gasteiger partial charge >= 0.3 is 0 Å². The third kappa shape index (κ3) is 4.52. The molecule has 0 unspecified atom stereocenters. The molecule has 6 heteroatoms. The molecule has 1 saturated heterocycles. The Hall–Kier alpha value is -2.60. The predicted molar refractivity (Wildman–Crippen MR) is 101 cm³/mol. The van der Waals surface area contributed by atoms with Gasteiger partial charge in [-0.25, -0.2) is 4.98 Å². The number of benzene rings is 1. The van der Waals surface area contributed by atoms with Gasteiger partial charge in [0.25, 0.3) is 5.91 Å². The van der Waals surface area contributed by atoms with Gasteiger partial charge in [0.15, 0.2) is 0 Å². The maximum atomic E-state index is 12.2. The highest BCUT2D eigenvalue weighted by molar-refractivity contribution is 5.94. The molecule has 26 heavy (non-hydrogen) atoms. The minimum absolute atomic E-state index is 0.142. The van der Waals surface area contributed by atoms with Gasteiger partial charge in [-0.15, -0.1) is 0 Å². The first kappa shape index (κ1) is 18.2. The van der Waals surface area contributed by atoms with Crippen molar-refractivity contribution in [2.24, 2.45) is 0 Å². The molecular formula is C20H25N3O3. The molecule has 0 spiro atoms. The SMILES string of the molecule is Cc1cccc(C)c1OCCNC(=O)c1ccc(N2CCOCC2)nc1. The first-order valence-corrected chi connectivity index (χ1v) is 8.91. The predicted octanol–water partition coefficient (Wildman–Crippen LogP) is 2.34. The highest BCUT2D eigenvalue weighted by Crippen LogP contribution is 2.21. The lowest BCUT2D eigenvalue weighted by Crippen LogP contribution is -2.36. The van der Waals surface area contributed by atoms with Crippen LogP contribution in [0.1, 0.15) is 21.5 Å². The fraction of sp³-hybridized carbons (Fsp3) is 0.400. The average molecular weight is 355 g/mol. The zero-order chi connectivity index (χ0) is 18.4. The third-order valence-electron chi connectivity index (χ3n) is 4.39. The summed E-state index contributed by atoms with van der Waals surface area (Å²) in [7, 11) is 0. The van der Waals surface area contributed by atoms with Crippen LogP contribution in [0.2, 0.25) is 0 Å². The first-order chi connectivity index (χ1) is 12.6. The van der Waals surface area contributed by atoms with Crippen molar-refractivity contribution in [3.05, 3.63) is 53.2 Å². The molecule has 0 atom stereocenters. The van der Waals surface area contributed by atoms with Crippen molar-refractivity contribution in [2.75, 3.05) is 44.4 Å². The Balaban J connectivity index is 1.47. The van der Waals surface area contributed by atoms with Crippen LogP contribution in [0.3, 0.4) is 0 Å². The summed E-state index contributed by atoms with van der Waals surface area (Å²) in [5.41, 5.74) is 2.74. The number of rotatable bonds is 6. The number of pyridine rings is 1. The smallest absolute Gasteiger partial charge is 0.252 e. The number of ether oxygens (including phenoxy) is 2. The Morgan fingerprint density at radius 3 is 2.58 bits per heavy atom. The Bertz CT molecular complexity index is 720. The van der Waals surface area contributed by atoms with Crippen molar-refractivity contribution in [3.63, 3.8) is 0 Å². The Labute approximate surface area is 154 Å². The van der Waals surface area contributed by atoms with E-state index in [9.17, 15) is 4.79 Å². The molecule has 3 rings (SSSR count). The molecule has 6 nitrogen and oxygen atoms in total. The maximum absolute atomic E-state index is 12.2. The highest BCUT2D eigenvalue weighted by atomic mass is 16.5. The lowest BCUT2D eigenvalue weighted by atomic mass is 10.1. The fourth-order valence-electron chi connectivity index (χ4n) is 2.95. The Morgan fingerprint density at radius 1 is 1.19 bits per heavy atom. The van der Waals surface area contributed by atoms with Crippen molar-refractivity contribution in [1.29, 1.82) is 0 Å². The Morgan fingerprint density at radius 2 is 1.92 bits per heavy atom. The quantitative estimate of drug-likeness (QED) is 0.806. The second-order valence-corrected chi connectivity index (χ2v) is 6.33. The zero-order valence-electron chi connectivity index (χ0n) is 15.3. The molecule has 1 amide bonds. The zero-order valence-corrected chi connectivity index (χ0v) is 15.3. The van der Waals surface area contributed by atoms with Gasteiger partial charge in [-0.05, 0) is 37.1 Å². The molecule has 1 fully saturated rings. The number of para-hydroxylation sites is 1. The second kappa shape index (κ2) is 8.67. The molecule has 1 aromatic heterocycles. The first-order valence-electron chi connectivity index (χ1n) is 8.91. The normalized spacial score (nSPS) is 14.2. The molecule has 0 radical (unpaired) electrons. The molecule has 0 aliphatic carbocycles. The number of anilines is 1. The van der Waals surface area contributed by atoms with Crippen LogP contribution >= 0.6 is 0 Å². The largest absolute Gasteiger partial charge is 0.491 e. The van der Waals surface area contributed by atoms with E-state index < -0.39 is 0 Å². The summed E-state index contributed by atoms with van der Waals surface area (Å²) in [5.74, 6) is 1.62. The third-order valence-corrected chi connectivity index (χ3v) is 4.39. The summed E-state index contributed by atoms with van der Waals surface area (Å²) in [4.78, 5) is 18.8. The lowest BCUT2D eigenvalue weighted by Gasteiger charge is -2.27. The van der Waals surface area contributed by atoms with E-state index in [0.29, 0.717) is 31.9 Å². The maximum Gasteiger partial charge on any atom is 0.252 e. The average Bonchev–Trinajstić information content (AvgIpc) is 2.68. The van der Waals surface area contributed by atoms with Crippen LogP contribution in [-0.2, 0) is 4.74 Å². The van der Waals surface area contributed by atoms with E-state index in [-0.39, 0.29) is 5.91 Å². The highest BCUT2D eigenvalue weighted by Gasteiger charge is 2.13. The number of carbonyl (C=O) groups is 1. The van der Waals surface area contributed by atoms with Crippen molar-refractivity contribution in [1.82, 2.24) is 10.3 Å². The van der Waals surface area contributed by atoms with Gasteiger partial charge in [0.2, 0.25) is 0 Å². The summed E-state index contributed by atoms with van der Waals surface area (Å²) in [6, 6.07) is 9.73. The Kier molecular flexibility index (Phi) is 6.07. The van der Waals surface area contributed by atoms with Gasteiger partial charge in [0.05, 0.1) is 25.3 Å². The number of aryl methyl sites for hydroxylation is 2. The number of nitrogens with one attached hydrogen (secondary N) is 1. The van der Waals surface area contributed by atoms with Gasteiger partial charge in [-0.2, -0.15) is 0 Å². The van der Waals surface area contributed by atoms with E-state index in [2.05, 4.69) is 15.2 Å². The van der Waals surface area contributed by atoms with Crippen LogP contribution in [0.25, 0.3) is 0 Å². The van der Waals surface area contributed by atoms with E-state index in [1.54, 1.807) is 12.3 Å². The minimum atomic E-state index is -0.142. The van der Waals surface area contributed by atoms with Crippen molar-refractivity contribution in [2.45, 2.75) is 13.8 Å². The molecule has 0 bridgehead atoms. The van der Waals surface area contributed by atoms with Crippen molar-refractivity contribution >= 4 is 11.7 Å². The number of morpholine rings is 1. The fourth-order valence-corrected chi connectivity index (χ4v) is 2.95. The molecule has 138 valence electrons. The number of hydrogen-bond acceptors (Lipinski definition) is 5. The van der Waals surface area contributed by atoms with Gasteiger partial charge in [0, 0.05) is 19.3 Å². The van der Waals surface area contributed by atoms with Crippen LogP contribution < -0.4 is 15.0 Å². The summed E-state index contributed by atoms with van der Waals surface area (Å²) in [6.07, 6.45) is 1.62. The second-order valence-electron chi connectivity index (χ2n) is 6.33. The van der Waals surface area contributed by atoms with E-state index >= 15 is 0 Å². The van der Waals surface area contributed by atoms with Crippen LogP contribution in [0.15, 0.2) is 36.5 Å². The summed E-state index contributed by atoms with van der Waals surface area (Å²) >= 11 is 0. The summed E-state index contributed by atoms with van der Waals surface area (Å²) in [6.45, 7) is 7.98. The van der Waals surface area contributed by atoms with Crippen LogP contribution in [0.4, 0.5) is 5.82 Å². The molecule has 2 aromatic rings. The van der Waals surface area contributed by atoms with Gasteiger partial charge < -0.3 is 19.7 Å². The van der Waals surface area contributed by atoms with Crippen LogP contribution in [-0.4, -0.2) is 50.3 Å². The lowest BCUT2D eigenvalue weighted by molar-refractivity contribution is 0.0946. The van der Waals surface area contributed by atoms with E-state index in [4.69, 9.17) is 9.47 Å². The monoisotopic (exact) mass is 355 g/mol. The number of amides is 1. The summed E-state index contributed by atoms with van der Waals surface area (Å²) in [5, 5.41) is 2.87. The molecule has 2 heterocycles. The number of nitrogens with zero attached hydrogens (tertiary/aromatic N) is 2. The van der Waals surface area contributed by atoms with E-state index in [0.717, 1.165) is 35.8 Å². The van der Waals surface area contributed by atoms with Crippen LogP contribution in [0, 0.1) is 13.8 Å². The van der Waals surface area contributed by atoms with E-state index in [1.165, 1.54) is 0 Å². The molecular weight excluding hydrogens is 330 g/mol. The number of hydrogen-bond donors (Lipinski definition) is 1. The topological polar surface area (TPSA) is 63.7 Å². The van der Waals surface area contributed by atoms with Crippen molar-refractivity contribution < 1.29 is 14.3 Å². The van der Waals surface area contributed by atoms with Gasteiger partial charge in [0.1, 0.15) is 18.2 Å². The number of carbonyl (C=O) groups excluding carboxylic acids is 1. The number of aromatic nitrogens is 1. The standard InChI is InChI=1S/C20H25N3O3/c1-15-4-3-5-16(2)19(15)26-11-8-21-20(24)17-6-7-18(22-14-17)23-9-12-25-13-10-23/h3-7,14H,8-13H2,1-2H3,(H,21,24). The van der Waals surface area contributed by atoms with Crippen molar-refractivity contribution in [3.8, 4) is 5.75 Å². The molecule has 0 saturated carbocycles. The molecule has 1 aliphatic heterocycles. The van der Waals surface area contributed by atoms with Gasteiger partial charge in [-0.3, -0.25) is 4.79 Å². The summed E-state index contributed by atoms with van der Waals surface area (Å²) < 4.78 is 11.1.